The predicted molar refractivity (Wildman–Crippen MR) is 136 cm³/mol. The molecule has 1 aromatic heterocycles. The Bertz CT molecular complexity index is 1590. The van der Waals surface area contributed by atoms with E-state index < -0.39 is 11.6 Å². The molecule has 4 aromatic rings. The van der Waals surface area contributed by atoms with Crippen molar-refractivity contribution in [2.45, 2.75) is 43.8 Å². The Balaban J connectivity index is 1.50. The number of halogens is 2. The molecule has 3 atom stereocenters. The van der Waals surface area contributed by atoms with E-state index in [0.717, 1.165) is 25.7 Å². The molecule has 1 unspecified atom stereocenters. The number of imidazole rings is 1. The van der Waals surface area contributed by atoms with E-state index in [1.807, 2.05) is 11.0 Å². The number of nitrogens with zero attached hydrogens (tertiary/aromatic N) is 4. The molecule has 2 bridgehead atoms. The van der Waals surface area contributed by atoms with Crippen LogP contribution in [0.2, 0.25) is 0 Å². The number of nitriles is 1. The predicted octanol–water partition coefficient (Wildman–Crippen LogP) is 5.15. The van der Waals surface area contributed by atoms with Crippen LogP contribution in [0.3, 0.4) is 0 Å². The first-order chi connectivity index (χ1) is 17.8. The highest BCUT2D eigenvalue weighted by Gasteiger charge is 2.42. The third-order valence-electron chi connectivity index (χ3n) is 7.78. The van der Waals surface area contributed by atoms with Crippen molar-refractivity contribution in [3.05, 3.63) is 77.6 Å². The lowest BCUT2D eigenvalue weighted by atomic mass is 9.90. The minimum absolute atomic E-state index is 0.0835. The Kier molecular flexibility index (Phi) is 5.54. The molecule has 186 valence electrons. The van der Waals surface area contributed by atoms with Gasteiger partial charge in [0.2, 0.25) is 0 Å². The molecular formula is C29H25F2N5O. The molecule has 0 aliphatic carbocycles. The minimum atomic E-state index is -0.675. The summed E-state index contributed by atoms with van der Waals surface area (Å²) >= 11 is 0. The Hall–Kier alpha value is -4.09. The molecule has 0 spiro atoms. The smallest absolute Gasteiger partial charge is 0.254 e. The van der Waals surface area contributed by atoms with Crippen molar-refractivity contribution in [3.8, 4) is 28.3 Å². The van der Waals surface area contributed by atoms with Crippen LogP contribution in [0.1, 0.15) is 41.6 Å². The lowest BCUT2D eigenvalue weighted by Gasteiger charge is -2.38. The van der Waals surface area contributed by atoms with Gasteiger partial charge in [-0.25, -0.2) is 13.8 Å². The van der Waals surface area contributed by atoms with Crippen molar-refractivity contribution in [1.82, 2.24) is 14.5 Å². The zero-order valence-electron chi connectivity index (χ0n) is 20.3. The van der Waals surface area contributed by atoms with Crippen LogP contribution < -0.4 is 5.73 Å². The number of carbonyl (C=O) groups is 1. The molecule has 3 aromatic carbocycles. The first kappa shape index (κ1) is 23.3. The molecule has 6 rings (SSSR count). The molecule has 2 N–H and O–H groups in total. The highest BCUT2D eigenvalue weighted by molar-refractivity contribution is 5.99. The molecule has 0 saturated carbocycles. The largest absolute Gasteiger partial charge is 0.334 e. The normalized spacial score (nSPS) is 20.8. The molecular weight excluding hydrogens is 472 g/mol. The summed E-state index contributed by atoms with van der Waals surface area (Å²) in [5.41, 5.74) is 9.60. The van der Waals surface area contributed by atoms with Gasteiger partial charge in [0.05, 0.1) is 22.9 Å². The summed E-state index contributed by atoms with van der Waals surface area (Å²) in [6.07, 6.45) is 5.05. The van der Waals surface area contributed by atoms with Gasteiger partial charge >= 0.3 is 0 Å². The van der Waals surface area contributed by atoms with Crippen LogP contribution in [0.4, 0.5) is 8.78 Å². The molecule has 8 heteroatoms. The van der Waals surface area contributed by atoms with Crippen molar-refractivity contribution >= 4 is 16.9 Å². The monoisotopic (exact) mass is 497 g/mol. The SMILES string of the molecule is Cn1cnc2cc(-c3ccc(C(=O)N4[C@@H]5CC[C@H]4CC(N)C5)cc3-c3ccc(C#N)c(F)c3)c(F)cc21. The highest BCUT2D eigenvalue weighted by Crippen LogP contribution is 2.39. The maximum Gasteiger partial charge on any atom is 0.254 e. The van der Waals surface area contributed by atoms with Crippen LogP contribution >= 0.6 is 0 Å². The maximum absolute atomic E-state index is 15.4. The van der Waals surface area contributed by atoms with Crippen LogP contribution in [0.15, 0.2) is 54.9 Å². The third kappa shape index (κ3) is 3.87. The first-order valence-corrected chi connectivity index (χ1v) is 12.4. The summed E-state index contributed by atoms with van der Waals surface area (Å²) in [5, 5.41) is 9.18. The molecule has 0 radical (unpaired) electrons. The summed E-state index contributed by atoms with van der Waals surface area (Å²) in [6.45, 7) is 0. The van der Waals surface area contributed by atoms with E-state index in [1.54, 1.807) is 48.3 Å². The summed E-state index contributed by atoms with van der Waals surface area (Å²) in [5.74, 6) is -1.22. The molecule has 37 heavy (non-hydrogen) atoms. The number of nitrogens with two attached hydrogens (primary N) is 1. The lowest BCUT2D eigenvalue weighted by Crippen LogP contribution is -2.50. The van der Waals surface area contributed by atoms with E-state index in [0.29, 0.717) is 38.9 Å². The van der Waals surface area contributed by atoms with Crippen LogP contribution in [-0.2, 0) is 7.05 Å². The maximum atomic E-state index is 15.4. The van der Waals surface area contributed by atoms with E-state index >= 15 is 4.39 Å². The second-order valence-electron chi connectivity index (χ2n) is 10.1. The average Bonchev–Trinajstić information content (AvgIpc) is 3.38. The van der Waals surface area contributed by atoms with Gasteiger partial charge in [0, 0.05) is 42.4 Å². The summed E-state index contributed by atoms with van der Waals surface area (Å²) in [6, 6.07) is 14.6. The van der Waals surface area contributed by atoms with Crippen LogP contribution in [-0.4, -0.2) is 38.5 Å². The number of piperidine rings is 1. The van der Waals surface area contributed by atoms with Gasteiger partial charge in [-0.1, -0.05) is 12.1 Å². The number of hydrogen-bond donors (Lipinski definition) is 1. The first-order valence-electron chi connectivity index (χ1n) is 12.4. The Morgan fingerprint density at radius 2 is 1.76 bits per heavy atom. The van der Waals surface area contributed by atoms with Crippen LogP contribution in [0, 0.1) is 23.0 Å². The average molecular weight is 498 g/mol. The Morgan fingerprint density at radius 3 is 2.46 bits per heavy atom. The van der Waals surface area contributed by atoms with Gasteiger partial charge in [-0.15, -0.1) is 0 Å². The Labute approximate surface area is 212 Å². The number of hydrogen-bond acceptors (Lipinski definition) is 4. The highest BCUT2D eigenvalue weighted by atomic mass is 19.1. The summed E-state index contributed by atoms with van der Waals surface area (Å²) in [7, 11) is 1.79. The molecule has 6 nitrogen and oxygen atoms in total. The molecule has 3 heterocycles. The van der Waals surface area contributed by atoms with E-state index in [-0.39, 0.29) is 29.6 Å². The van der Waals surface area contributed by atoms with E-state index in [9.17, 15) is 14.4 Å². The fraction of sp³-hybridized carbons (Fsp3) is 0.276. The third-order valence-corrected chi connectivity index (χ3v) is 7.78. The van der Waals surface area contributed by atoms with Crippen molar-refractivity contribution in [2.75, 3.05) is 0 Å². The van der Waals surface area contributed by atoms with Crippen molar-refractivity contribution in [1.29, 1.82) is 5.26 Å². The molecule has 2 aliphatic heterocycles. The zero-order valence-corrected chi connectivity index (χ0v) is 20.3. The second kappa shape index (κ2) is 8.79. The summed E-state index contributed by atoms with van der Waals surface area (Å²) < 4.78 is 31.8. The molecule has 2 fully saturated rings. The van der Waals surface area contributed by atoms with Crippen molar-refractivity contribution in [2.24, 2.45) is 12.8 Å². The second-order valence-corrected chi connectivity index (χ2v) is 10.1. The van der Waals surface area contributed by atoms with Gasteiger partial charge in [0.15, 0.2) is 0 Å². The van der Waals surface area contributed by atoms with Gasteiger partial charge < -0.3 is 15.2 Å². The van der Waals surface area contributed by atoms with Gasteiger partial charge in [0.1, 0.15) is 17.7 Å². The molecule has 1 amide bonds. The molecule has 2 saturated heterocycles. The number of rotatable bonds is 3. The van der Waals surface area contributed by atoms with E-state index in [1.165, 1.54) is 18.2 Å². The minimum Gasteiger partial charge on any atom is -0.334 e. The van der Waals surface area contributed by atoms with Gasteiger partial charge in [0.25, 0.3) is 5.91 Å². The van der Waals surface area contributed by atoms with Crippen molar-refractivity contribution in [3.63, 3.8) is 0 Å². The van der Waals surface area contributed by atoms with Gasteiger partial charge in [-0.05, 0) is 72.7 Å². The quantitative estimate of drug-likeness (QED) is 0.424. The van der Waals surface area contributed by atoms with Crippen LogP contribution in [0.25, 0.3) is 33.3 Å². The van der Waals surface area contributed by atoms with E-state index in [2.05, 4.69) is 4.98 Å². The fourth-order valence-corrected chi connectivity index (χ4v) is 5.98. The Morgan fingerprint density at radius 1 is 1.00 bits per heavy atom. The zero-order chi connectivity index (χ0) is 25.8. The molecule has 2 aliphatic rings. The van der Waals surface area contributed by atoms with Gasteiger partial charge in [-0.2, -0.15) is 5.26 Å². The number of amides is 1. The standard InChI is InChI=1S/C29H25F2N5O/c1-35-15-34-27-12-24(26(31)13-28(27)35)22-7-4-17(8-23(22)16-2-3-18(14-32)25(30)9-16)29(37)36-20-5-6-21(36)11-19(33)10-20/h2-4,7-9,12-13,15,19-21H,5-6,10-11,33H2,1H3/t19?,20-,21+. The number of benzene rings is 3. The van der Waals surface area contributed by atoms with Crippen molar-refractivity contribution < 1.29 is 13.6 Å². The van der Waals surface area contributed by atoms with E-state index in [4.69, 9.17) is 5.73 Å². The number of fused-ring (bicyclic) bond motifs is 3. The fourth-order valence-electron chi connectivity index (χ4n) is 5.98. The van der Waals surface area contributed by atoms with Crippen LogP contribution in [0.5, 0.6) is 0 Å². The topological polar surface area (TPSA) is 87.9 Å². The summed E-state index contributed by atoms with van der Waals surface area (Å²) in [4.78, 5) is 20.0. The number of aromatic nitrogens is 2. The number of aryl methyl sites for hydroxylation is 1. The lowest BCUT2D eigenvalue weighted by molar-refractivity contribution is 0.0575. The number of carbonyl (C=O) groups excluding carboxylic acids is 1. The van der Waals surface area contributed by atoms with Gasteiger partial charge in [-0.3, -0.25) is 4.79 Å².